The van der Waals surface area contributed by atoms with Crippen LogP contribution in [0.15, 0.2) is 24.3 Å². The van der Waals surface area contributed by atoms with E-state index in [9.17, 15) is 22.8 Å². The second kappa shape index (κ2) is 8.17. The summed E-state index contributed by atoms with van der Waals surface area (Å²) in [6, 6.07) is 4.60. The molecule has 1 aromatic carbocycles. The Labute approximate surface area is 131 Å². The van der Waals surface area contributed by atoms with Gasteiger partial charge < -0.3 is 10.1 Å². The molecule has 0 radical (unpaired) electrons. The van der Waals surface area contributed by atoms with E-state index in [0.717, 1.165) is 31.4 Å². The number of halogens is 3. The SMILES string of the molecule is COC(=O)[C@@H](CCCC#N)NC(=O)c1ccc(C(F)(F)F)cc1. The highest BCUT2D eigenvalue weighted by atomic mass is 19.4. The molecule has 0 saturated carbocycles. The number of alkyl halides is 3. The van der Waals surface area contributed by atoms with Crippen LogP contribution in [0, 0.1) is 11.3 Å². The number of carbonyl (C=O) groups is 2. The normalized spacial score (nSPS) is 12.1. The minimum absolute atomic E-state index is 0.00723. The number of ether oxygens (including phenoxy) is 1. The first-order valence-corrected chi connectivity index (χ1v) is 6.72. The van der Waals surface area contributed by atoms with Gasteiger partial charge >= 0.3 is 12.1 Å². The number of carbonyl (C=O) groups excluding carboxylic acids is 2. The van der Waals surface area contributed by atoms with Gasteiger partial charge in [-0.3, -0.25) is 4.79 Å². The number of amides is 1. The first-order valence-electron chi connectivity index (χ1n) is 6.72. The molecule has 0 saturated heterocycles. The number of nitrogens with zero attached hydrogens (tertiary/aromatic N) is 1. The molecule has 0 spiro atoms. The van der Waals surface area contributed by atoms with Gasteiger partial charge in [0.05, 0.1) is 18.7 Å². The molecule has 0 heterocycles. The predicted molar refractivity (Wildman–Crippen MR) is 74.2 cm³/mol. The Bertz CT molecular complexity index is 591. The molecule has 0 bridgehead atoms. The highest BCUT2D eigenvalue weighted by Gasteiger charge is 2.30. The highest BCUT2D eigenvalue weighted by molar-refractivity contribution is 5.96. The number of benzene rings is 1. The van der Waals surface area contributed by atoms with E-state index in [0.29, 0.717) is 6.42 Å². The van der Waals surface area contributed by atoms with Crippen molar-refractivity contribution in [2.24, 2.45) is 0 Å². The molecule has 1 rings (SSSR count). The summed E-state index contributed by atoms with van der Waals surface area (Å²) in [7, 11) is 1.16. The van der Waals surface area contributed by atoms with Gasteiger partial charge in [-0.25, -0.2) is 4.79 Å². The Hall–Kier alpha value is -2.56. The lowest BCUT2D eigenvalue weighted by Gasteiger charge is -2.16. The van der Waals surface area contributed by atoms with Crippen molar-refractivity contribution in [1.82, 2.24) is 5.32 Å². The van der Waals surface area contributed by atoms with Crippen LogP contribution in [-0.4, -0.2) is 25.0 Å². The zero-order valence-corrected chi connectivity index (χ0v) is 12.3. The largest absolute Gasteiger partial charge is 0.467 e. The maximum atomic E-state index is 12.5. The van der Waals surface area contributed by atoms with Gasteiger partial charge in [-0.2, -0.15) is 18.4 Å². The van der Waals surface area contributed by atoms with E-state index < -0.39 is 29.7 Å². The molecule has 1 aromatic rings. The van der Waals surface area contributed by atoms with Crippen LogP contribution in [0.1, 0.15) is 35.2 Å². The Kier molecular flexibility index (Phi) is 6.57. The Morgan fingerprint density at radius 2 is 1.91 bits per heavy atom. The second-order valence-electron chi connectivity index (χ2n) is 4.67. The topological polar surface area (TPSA) is 79.2 Å². The number of unbranched alkanes of at least 4 members (excludes halogenated alkanes) is 1. The van der Waals surface area contributed by atoms with E-state index in [2.05, 4.69) is 10.1 Å². The highest BCUT2D eigenvalue weighted by Crippen LogP contribution is 2.29. The van der Waals surface area contributed by atoms with E-state index in [-0.39, 0.29) is 18.4 Å². The molecule has 1 N–H and O–H groups in total. The third-order valence-electron chi connectivity index (χ3n) is 3.05. The fourth-order valence-electron chi connectivity index (χ4n) is 1.83. The number of esters is 1. The van der Waals surface area contributed by atoms with Crippen LogP contribution in [0.4, 0.5) is 13.2 Å². The van der Waals surface area contributed by atoms with E-state index in [1.807, 2.05) is 6.07 Å². The maximum absolute atomic E-state index is 12.5. The molecule has 0 aromatic heterocycles. The van der Waals surface area contributed by atoms with Gasteiger partial charge in [0.25, 0.3) is 5.91 Å². The molecular weight excluding hydrogens is 313 g/mol. The zero-order chi connectivity index (χ0) is 17.5. The van der Waals surface area contributed by atoms with E-state index in [1.165, 1.54) is 0 Å². The molecule has 1 atom stereocenters. The molecule has 1 amide bonds. The van der Waals surface area contributed by atoms with E-state index in [4.69, 9.17) is 5.26 Å². The van der Waals surface area contributed by atoms with Gasteiger partial charge in [-0.15, -0.1) is 0 Å². The average molecular weight is 328 g/mol. The van der Waals surface area contributed by atoms with Crippen LogP contribution >= 0.6 is 0 Å². The van der Waals surface area contributed by atoms with Crippen LogP contribution in [-0.2, 0) is 15.7 Å². The summed E-state index contributed by atoms with van der Waals surface area (Å²) >= 11 is 0. The van der Waals surface area contributed by atoms with Gasteiger partial charge in [-0.05, 0) is 37.1 Å². The van der Waals surface area contributed by atoms with Crippen molar-refractivity contribution in [1.29, 1.82) is 5.26 Å². The molecule has 23 heavy (non-hydrogen) atoms. The van der Waals surface area contributed by atoms with Crippen LogP contribution < -0.4 is 5.32 Å². The number of methoxy groups -OCH3 is 1. The lowest BCUT2D eigenvalue weighted by atomic mass is 10.1. The summed E-state index contributed by atoms with van der Waals surface area (Å²) in [6.07, 6.45) is -3.69. The van der Waals surface area contributed by atoms with Crippen LogP contribution in [0.2, 0.25) is 0 Å². The summed E-state index contributed by atoms with van der Waals surface area (Å²) in [6.45, 7) is 0. The van der Waals surface area contributed by atoms with E-state index >= 15 is 0 Å². The van der Waals surface area contributed by atoms with Crippen LogP contribution in [0.25, 0.3) is 0 Å². The monoisotopic (exact) mass is 328 g/mol. The Morgan fingerprint density at radius 1 is 1.30 bits per heavy atom. The van der Waals surface area contributed by atoms with Gasteiger partial charge in [0.2, 0.25) is 0 Å². The lowest BCUT2D eigenvalue weighted by Crippen LogP contribution is -2.41. The molecule has 8 heteroatoms. The molecule has 124 valence electrons. The first kappa shape index (κ1) is 18.5. The number of hydrogen-bond donors (Lipinski definition) is 1. The van der Waals surface area contributed by atoms with Crippen LogP contribution in [0.3, 0.4) is 0 Å². The fourth-order valence-corrected chi connectivity index (χ4v) is 1.83. The molecular formula is C15H15F3N2O3. The number of hydrogen-bond acceptors (Lipinski definition) is 4. The third kappa shape index (κ3) is 5.62. The maximum Gasteiger partial charge on any atom is 0.416 e. The summed E-state index contributed by atoms with van der Waals surface area (Å²) < 4.78 is 42.0. The van der Waals surface area contributed by atoms with Crippen molar-refractivity contribution in [2.75, 3.05) is 7.11 Å². The van der Waals surface area contributed by atoms with Crippen molar-refractivity contribution in [3.05, 3.63) is 35.4 Å². The van der Waals surface area contributed by atoms with Crippen molar-refractivity contribution in [3.63, 3.8) is 0 Å². The van der Waals surface area contributed by atoms with Gasteiger partial charge in [-0.1, -0.05) is 0 Å². The van der Waals surface area contributed by atoms with Crippen molar-refractivity contribution in [2.45, 2.75) is 31.5 Å². The molecule has 5 nitrogen and oxygen atoms in total. The smallest absolute Gasteiger partial charge is 0.416 e. The summed E-state index contributed by atoms with van der Waals surface area (Å²) in [5.41, 5.74) is -0.875. The van der Waals surface area contributed by atoms with Gasteiger partial charge in [0.15, 0.2) is 0 Å². The Balaban J connectivity index is 2.78. The summed E-state index contributed by atoms with van der Waals surface area (Å²) in [5.74, 6) is -1.37. The summed E-state index contributed by atoms with van der Waals surface area (Å²) in [5, 5.41) is 10.9. The predicted octanol–water partition coefficient (Wildman–Crippen LogP) is 2.67. The standard InChI is InChI=1S/C15H15F3N2O3/c1-23-14(22)12(4-2-3-9-19)20-13(21)10-5-7-11(8-6-10)15(16,17)18/h5-8,12H,2-4H2,1H3,(H,20,21)/t12-/m1/s1. The van der Waals surface area contributed by atoms with Crippen LogP contribution in [0.5, 0.6) is 0 Å². The Morgan fingerprint density at radius 3 is 2.39 bits per heavy atom. The number of rotatable bonds is 6. The zero-order valence-electron chi connectivity index (χ0n) is 12.3. The fraction of sp³-hybridized carbons (Fsp3) is 0.400. The average Bonchev–Trinajstić information content (AvgIpc) is 2.52. The summed E-state index contributed by atoms with van der Waals surface area (Å²) in [4.78, 5) is 23.6. The minimum atomic E-state index is -4.49. The van der Waals surface area contributed by atoms with Gasteiger partial charge in [0, 0.05) is 12.0 Å². The van der Waals surface area contributed by atoms with Crippen molar-refractivity contribution >= 4 is 11.9 Å². The molecule has 0 aliphatic carbocycles. The van der Waals surface area contributed by atoms with Crippen molar-refractivity contribution < 1.29 is 27.5 Å². The number of nitriles is 1. The number of nitrogens with one attached hydrogen (secondary N) is 1. The lowest BCUT2D eigenvalue weighted by molar-refractivity contribution is -0.143. The molecule has 0 aliphatic heterocycles. The van der Waals surface area contributed by atoms with Crippen molar-refractivity contribution in [3.8, 4) is 6.07 Å². The third-order valence-corrected chi connectivity index (χ3v) is 3.05. The molecule has 0 aliphatic rings. The quantitative estimate of drug-likeness (QED) is 0.643. The molecule has 0 unspecified atom stereocenters. The minimum Gasteiger partial charge on any atom is -0.467 e. The molecule has 0 fully saturated rings. The first-order chi connectivity index (χ1) is 10.8. The van der Waals surface area contributed by atoms with Gasteiger partial charge in [0.1, 0.15) is 6.04 Å². The van der Waals surface area contributed by atoms with E-state index in [1.54, 1.807) is 0 Å². The second-order valence-corrected chi connectivity index (χ2v) is 4.67.